The Hall–Kier alpha value is -2.68. The van der Waals surface area contributed by atoms with E-state index in [2.05, 4.69) is 13.2 Å². The van der Waals surface area contributed by atoms with E-state index in [1.54, 1.807) is 13.0 Å². The van der Waals surface area contributed by atoms with E-state index in [4.69, 9.17) is 28.4 Å². The van der Waals surface area contributed by atoms with Crippen molar-refractivity contribution in [2.45, 2.75) is 51.0 Å². The first-order chi connectivity index (χ1) is 15.5. The molecule has 0 bridgehead atoms. The van der Waals surface area contributed by atoms with Gasteiger partial charge in [-0.25, -0.2) is 9.59 Å². The Labute approximate surface area is 189 Å². The summed E-state index contributed by atoms with van der Waals surface area (Å²) in [5, 5.41) is 0. The number of rotatable bonds is 12. The van der Waals surface area contributed by atoms with Crippen molar-refractivity contribution in [1.82, 2.24) is 0 Å². The van der Waals surface area contributed by atoms with Gasteiger partial charge in [0.15, 0.2) is 18.5 Å². The van der Waals surface area contributed by atoms with Crippen LogP contribution in [0, 0.1) is 5.92 Å². The summed E-state index contributed by atoms with van der Waals surface area (Å²) < 4.78 is 33.3. The fraction of sp³-hybridized carbons (Fsp3) is 0.500. The molecule has 1 aliphatic rings. The monoisotopic (exact) mass is 448 g/mol. The van der Waals surface area contributed by atoms with Crippen molar-refractivity contribution in [2.75, 3.05) is 20.3 Å². The lowest BCUT2D eigenvalue weighted by molar-refractivity contribution is -0.291. The van der Waals surface area contributed by atoms with E-state index in [1.807, 2.05) is 30.3 Å². The Bertz CT molecular complexity index is 735. The number of benzene rings is 1. The smallest absolute Gasteiger partial charge is 0.467 e. The van der Waals surface area contributed by atoms with Crippen molar-refractivity contribution < 1.29 is 38.0 Å². The van der Waals surface area contributed by atoms with E-state index in [0.29, 0.717) is 13.0 Å². The Morgan fingerprint density at radius 1 is 1.09 bits per heavy atom. The number of esters is 1. The SMILES string of the molecule is C=CCCCO[C@@H]1OC(C(=O)OC)[C@H](C)[C@H](OCc2ccccc2)C1OC(=O)OCC=C. The zero-order valence-electron chi connectivity index (χ0n) is 18.6. The van der Waals surface area contributed by atoms with E-state index in [0.717, 1.165) is 12.0 Å². The molecule has 1 aliphatic heterocycles. The van der Waals surface area contributed by atoms with E-state index in [1.165, 1.54) is 13.2 Å². The van der Waals surface area contributed by atoms with Crippen LogP contribution in [0.3, 0.4) is 0 Å². The fourth-order valence-electron chi connectivity index (χ4n) is 3.33. The highest BCUT2D eigenvalue weighted by Crippen LogP contribution is 2.32. The number of ether oxygens (including phenoxy) is 6. The van der Waals surface area contributed by atoms with Crippen LogP contribution in [0.5, 0.6) is 0 Å². The van der Waals surface area contributed by atoms with Gasteiger partial charge < -0.3 is 28.4 Å². The Balaban J connectivity index is 2.25. The van der Waals surface area contributed by atoms with Crippen molar-refractivity contribution in [3.8, 4) is 0 Å². The standard InChI is InChI=1S/C24H32O8/c1-5-7-11-15-28-23-21(32-24(26)29-14-6-2)19(17(3)20(31-23)22(25)27-4)30-16-18-12-9-8-10-13-18/h5-6,8-10,12-13,17,19-21,23H,1-2,7,11,14-16H2,3-4H3/t17-,19+,20?,21?,23-/m1/s1. The Kier molecular flexibility index (Phi) is 10.9. The second-order valence-electron chi connectivity index (χ2n) is 7.30. The summed E-state index contributed by atoms with van der Waals surface area (Å²) in [7, 11) is 1.29. The lowest BCUT2D eigenvalue weighted by Crippen LogP contribution is -2.59. The van der Waals surface area contributed by atoms with Gasteiger partial charge in [-0.1, -0.05) is 56.0 Å². The van der Waals surface area contributed by atoms with Gasteiger partial charge in [0.2, 0.25) is 0 Å². The molecule has 32 heavy (non-hydrogen) atoms. The first-order valence-corrected chi connectivity index (χ1v) is 10.6. The van der Waals surface area contributed by atoms with Crippen LogP contribution in [0.25, 0.3) is 0 Å². The van der Waals surface area contributed by atoms with Gasteiger partial charge in [-0.15, -0.1) is 6.58 Å². The molecule has 8 heteroatoms. The van der Waals surface area contributed by atoms with Crippen LogP contribution in [0.1, 0.15) is 25.3 Å². The summed E-state index contributed by atoms with van der Waals surface area (Å²) in [5.74, 6) is -1.05. The van der Waals surface area contributed by atoms with Crippen LogP contribution >= 0.6 is 0 Å². The summed E-state index contributed by atoms with van der Waals surface area (Å²) in [5.41, 5.74) is 0.928. The van der Waals surface area contributed by atoms with Gasteiger partial charge >= 0.3 is 12.1 Å². The van der Waals surface area contributed by atoms with Crippen molar-refractivity contribution in [2.24, 2.45) is 5.92 Å². The Morgan fingerprint density at radius 2 is 1.84 bits per heavy atom. The van der Waals surface area contributed by atoms with Gasteiger partial charge in [-0.3, -0.25) is 0 Å². The second-order valence-corrected chi connectivity index (χ2v) is 7.30. The number of hydrogen-bond donors (Lipinski definition) is 0. The first-order valence-electron chi connectivity index (χ1n) is 10.6. The normalized spacial score (nSPS) is 24.9. The highest BCUT2D eigenvalue weighted by atomic mass is 16.8. The molecule has 1 aromatic rings. The third kappa shape index (κ3) is 7.47. The van der Waals surface area contributed by atoms with Gasteiger partial charge in [-0.2, -0.15) is 0 Å². The molecule has 0 saturated carbocycles. The highest BCUT2D eigenvalue weighted by molar-refractivity contribution is 5.75. The molecule has 2 rings (SSSR count). The minimum absolute atomic E-state index is 0.00680. The van der Waals surface area contributed by atoms with Gasteiger partial charge in [0.25, 0.3) is 0 Å². The summed E-state index contributed by atoms with van der Waals surface area (Å²) in [6.45, 7) is 9.53. The summed E-state index contributed by atoms with van der Waals surface area (Å²) >= 11 is 0. The van der Waals surface area contributed by atoms with Gasteiger partial charge in [0.1, 0.15) is 12.7 Å². The van der Waals surface area contributed by atoms with Crippen molar-refractivity contribution >= 4 is 12.1 Å². The van der Waals surface area contributed by atoms with Crippen molar-refractivity contribution in [3.63, 3.8) is 0 Å². The zero-order valence-corrected chi connectivity index (χ0v) is 18.6. The number of methoxy groups -OCH3 is 1. The minimum atomic E-state index is -1.04. The molecule has 5 atom stereocenters. The Morgan fingerprint density at radius 3 is 2.50 bits per heavy atom. The molecule has 0 radical (unpaired) electrons. The lowest BCUT2D eigenvalue weighted by Gasteiger charge is -2.43. The largest absolute Gasteiger partial charge is 0.509 e. The average Bonchev–Trinajstić information content (AvgIpc) is 2.81. The van der Waals surface area contributed by atoms with Gasteiger partial charge in [0, 0.05) is 5.92 Å². The maximum absolute atomic E-state index is 12.4. The number of unbranched alkanes of at least 4 members (excludes halogenated alkanes) is 1. The maximum Gasteiger partial charge on any atom is 0.509 e. The molecule has 0 spiro atoms. The average molecular weight is 449 g/mol. The van der Waals surface area contributed by atoms with Crippen LogP contribution in [-0.2, 0) is 39.8 Å². The molecule has 1 aromatic carbocycles. The molecule has 1 heterocycles. The highest BCUT2D eigenvalue weighted by Gasteiger charge is 2.50. The van der Waals surface area contributed by atoms with E-state index in [-0.39, 0.29) is 13.2 Å². The third-order valence-electron chi connectivity index (χ3n) is 4.97. The summed E-state index contributed by atoms with van der Waals surface area (Å²) in [6.07, 6.45) is 0.0546. The molecule has 0 amide bonds. The molecule has 1 saturated heterocycles. The van der Waals surface area contributed by atoms with Crippen LogP contribution in [0.4, 0.5) is 4.79 Å². The lowest BCUT2D eigenvalue weighted by atomic mass is 9.90. The quantitative estimate of drug-likeness (QED) is 0.271. The minimum Gasteiger partial charge on any atom is -0.467 e. The van der Waals surface area contributed by atoms with Crippen LogP contribution in [0.15, 0.2) is 55.6 Å². The number of hydrogen-bond acceptors (Lipinski definition) is 8. The van der Waals surface area contributed by atoms with Crippen LogP contribution in [-0.4, -0.2) is 57.1 Å². The maximum atomic E-state index is 12.4. The predicted molar refractivity (Wildman–Crippen MR) is 117 cm³/mol. The van der Waals surface area contributed by atoms with E-state index < -0.39 is 42.6 Å². The molecule has 8 nitrogen and oxygen atoms in total. The number of carbonyl (C=O) groups is 2. The van der Waals surface area contributed by atoms with Crippen LogP contribution < -0.4 is 0 Å². The molecule has 1 fully saturated rings. The predicted octanol–water partition coefficient (Wildman–Crippen LogP) is 3.80. The second kappa shape index (κ2) is 13.7. The van der Waals surface area contributed by atoms with Gasteiger partial charge in [-0.05, 0) is 18.4 Å². The van der Waals surface area contributed by atoms with Crippen molar-refractivity contribution in [3.05, 3.63) is 61.2 Å². The topological polar surface area (TPSA) is 89.5 Å². The van der Waals surface area contributed by atoms with Gasteiger partial charge in [0.05, 0.1) is 20.3 Å². The molecule has 176 valence electrons. The molecule has 2 unspecified atom stereocenters. The van der Waals surface area contributed by atoms with Crippen molar-refractivity contribution in [1.29, 1.82) is 0 Å². The zero-order chi connectivity index (χ0) is 23.3. The van der Waals surface area contributed by atoms with Crippen LogP contribution in [0.2, 0.25) is 0 Å². The van der Waals surface area contributed by atoms with E-state index in [9.17, 15) is 9.59 Å². The molecule has 0 aliphatic carbocycles. The number of carbonyl (C=O) groups excluding carboxylic acids is 2. The molecular weight excluding hydrogens is 416 g/mol. The fourth-order valence-corrected chi connectivity index (χ4v) is 3.33. The first kappa shape index (κ1) is 25.6. The summed E-state index contributed by atoms with van der Waals surface area (Å²) in [6, 6.07) is 9.53. The van der Waals surface area contributed by atoms with E-state index >= 15 is 0 Å². The number of allylic oxidation sites excluding steroid dienone is 1. The summed E-state index contributed by atoms with van der Waals surface area (Å²) in [4.78, 5) is 24.6. The molecule has 0 aromatic heterocycles. The third-order valence-corrected chi connectivity index (χ3v) is 4.97. The molecule has 0 N–H and O–H groups in total. The molecular formula is C24H32O8.